The van der Waals surface area contributed by atoms with E-state index in [-0.39, 0.29) is 12.2 Å². The lowest BCUT2D eigenvalue weighted by molar-refractivity contribution is -0.124. The predicted octanol–water partition coefficient (Wildman–Crippen LogP) is 1.88. The molecule has 0 bridgehead atoms. The van der Waals surface area contributed by atoms with Crippen LogP contribution in [0.3, 0.4) is 0 Å². The molecule has 0 spiro atoms. The van der Waals surface area contributed by atoms with Gasteiger partial charge in [-0.1, -0.05) is 6.07 Å². The Bertz CT molecular complexity index is 534. The van der Waals surface area contributed by atoms with Crippen LogP contribution in [0.2, 0.25) is 0 Å². The fourth-order valence-electron chi connectivity index (χ4n) is 3.01. The second-order valence-electron chi connectivity index (χ2n) is 5.56. The molecule has 1 N–H and O–H groups in total. The van der Waals surface area contributed by atoms with Crippen LogP contribution < -0.4 is 5.32 Å². The molecule has 2 fully saturated rings. The van der Waals surface area contributed by atoms with Crippen molar-refractivity contribution in [1.29, 1.82) is 0 Å². The number of carbonyl (C=O) groups excluding carboxylic acids is 1. The lowest BCUT2D eigenvalue weighted by Crippen LogP contribution is -2.48. The van der Waals surface area contributed by atoms with Crippen LogP contribution in [-0.2, 0) is 19.7 Å². The summed E-state index contributed by atoms with van der Waals surface area (Å²) < 4.78 is 37.7. The quantitative estimate of drug-likeness (QED) is 0.926. The summed E-state index contributed by atoms with van der Waals surface area (Å²) in [6.07, 6.45) is 1.06. The number of rotatable bonds is 3. The zero-order valence-corrected chi connectivity index (χ0v) is 11.5. The molecule has 2 heterocycles. The Morgan fingerprint density at radius 3 is 2.62 bits per heavy atom. The summed E-state index contributed by atoms with van der Waals surface area (Å²) in [6, 6.07) is 3.91. The smallest absolute Gasteiger partial charge is 0.220 e. The summed E-state index contributed by atoms with van der Waals surface area (Å²) in [4.78, 5) is 11.4. The van der Waals surface area contributed by atoms with Gasteiger partial charge < -0.3 is 14.8 Å². The molecule has 114 valence electrons. The van der Waals surface area contributed by atoms with Gasteiger partial charge in [-0.3, -0.25) is 4.79 Å². The molecular weight excluding hydrogens is 280 g/mol. The normalized spacial score (nSPS) is 26.9. The summed E-state index contributed by atoms with van der Waals surface area (Å²) in [6.45, 7) is 1.44. The number of carbonyl (C=O) groups is 1. The minimum Gasteiger partial charge on any atom is -0.355 e. The molecule has 1 atom stereocenters. The van der Waals surface area contributed by atoms with Crippen LogP contribution in [-0.4, -0.2) is 32.0 Å². The van der Waals surface area contributed by atoms with Crippen LogP contribution in [0, 0.1) is 11.6 Å². The Hall–Kier alpha value is -1.53. The molecule has 2 aliphatic rings. The predicted molar refractivity (Wildman–Crippen MR) is 70.6 cm³/mol. The van der Waals surface area contributed by atoms with Crippen molar-refractivity contribution in [2.75, 3.05) is 19.8 Å². The largest absolute Gasteiger partial charge is 0.355 e. The van der Waals surface area contributed by atoms with Gasteiger partial charge >= 0.3 is 0 Å². The van der Waals surface area contributed by atoms with Crippen LogP contribution in [0.1, 0.15) is 24.8 Å². The van der Waals surface area contributed by atoms with Crippen LogP contribution in [0.4, 0.5) is 8.78 Å². The van der Waals surface area contributed by atoms with Crippen molar-refractivity contribution in [1.82, 2.24) is 5.32 Å². The van der Waals surface area contributed by atoms with E-state index in [2.05, 4.69) is 5.32 Å². The first-order valence-electron chi connectivity index (χ1n) is 7.04. The first kappa shape index (κ1) is 14.4. The van der Waals surface area contributed by atoms with E-state index in [0.717, 1.165) is 6.07 Å². The first-order valence-corrected chi connectivity index (χ1v) is 7.04. The Kier molecular flexibility index (Phi) is 3.91. The number of halogens is 2. The number of piperidine rings is 1. The van der Waals surface area contributed by atoms with Gasteiger partial charge in [0.05, 0.1) is 13.2 Å². The molecule has 2 saturated heterocycles. The first-order chi connectivity index (χ1) is 10.1. The van der Waals surface area contributed by atoms with Crippen molar-refractivity contribution in [3.8, 4) is 0 Å². The Balaban J connectivity index is 1.90. The van der Waals surface area contributed by atoms with E-state index in [4.69, 9.17) is 9.47 Å². The van der Waals surface area contributed by atoms with Gasteiger partial charge in [0, 0.05) is 24.8 Å². The number of ether oxygens (including phenoxy) is 2. The Morgan fingerprint density at radius 1 is 1.24 bits per heavy atom. The van der Waals surface area contributed by atoms with Gasteiger partial charge in [-0.15, -0.1) is 0 Å². The molecule has 0 radical (unpaired) electrons. The number of hydrogen-bond acceptors (Lipinski definition) is 3. The van der Waals surface area contributed by atoms with E-state index in [1.54, 1.807) is 6.07 Å². The highest BCUT2D eigenvalue weighted by atomic mass is 19.2. The van der Waals surface area contributed by atoms with Gasteiger partial charge in [0.25, 0.3) is 0 Å². The maximum atomic E-state index is 13.6. The van der Waals surface area contributed by atoms with E-state index in [1.165, 1.54) is 6.07 Å². The zero-order valence-electron chi connectivity index (χ0n) is 11.5. The molecule has 0 aromatic heterocycles. The minimum atomic E-state index is -0.878. The SMILES string of the molecule is O=C1CC[C@](CC2OCCO2)(c2ccc(F)c(F)c2)CN1. The highest BCUT2D eigenvalue weighted by Crippen LogP contribution is 2.38. The second-order valence-corrected chi connectivity index (χ2v) is 5.56. The third-order valence-electron chi connectivity index (χ3n) is 4.23. The van der Waals surface area contributed by atoms with Crippen molar-refractivity contribution in [3.63, 3.8) is 0 Å². The minimum absolute atomic E-state index is 0.0264. The third kappa shape index (κ3) is 2.91. The maximum absolute atomic E-state index is 13.6. The summed E-state index contributed by atoms with van der Waals surface area (Å²) in [5.41, 5.74) is 0.178. The highest BCUT2D eigenvalue weighted by molar-refractivity contribution is 5.77. The van der Waals surface area contributed by atoms with Crippen molar-refractivity contribution < 1.29 is 23.0 Å². The van der Waals surface area contributed by atoms with Crippen LogP contribution in [0.5, 0.6) is 0 Å². The maximum Gasteiger partial charge on any atom is 0.220 e. The van der Waals surface area contributed by atoms with E-state index in [9.17, 15) is 13.6 Å². The van der Waals surface area contributed by atoms with Gasteiger partial charge in [-0.05, 0) is 24.1 Å². The van der Waals surface area contributed by atoms with Gasteiger partial charge in [0.15, 0.2) is 17.9 Å². The molecule has 21 heavy (non-hydrogen) atoms. The highest BCUT2D eigenvalue weighted by Gasteiger charge is 2.40. The topological polar surface area (TPSA) is 47.6 Å². The molecule has 4 nitrogen and oxygen atoms in total. The standard InChI is InChI=1S/C15H17F2NO3/c16-11-2-1-10(7-12(11)17)15(4-3-13(19)18-9-15)8-14-20-5-6-21-14/h1-2,7,14H,3-6,8-9H2,(H,18,19)/t15-/m1/s1. The molecule has 0 unspecified atom stereocenters. The summed E-state index contributed by atoms with van der Waals surface area (Å²) >= 11 is 0. The summed E-state index contributed by atoms with van der Waals surface area (Å²) in [7, 11) is 0. The molecule has 0 saturated carbocycles. The zero-order chi connectivity index (χ0) is 14.9. The lowest BCUT2D eigenvalue weighted by Gasteiger charge is -2.39. The van der Waals surface area contributed by atoms with Gasteiger partial charge in [-0.2, -0.15) is 0 Å². The van der Waals surface area contributed by atoms with Crippen molar-refractivity contribution in [2.24, 2.45) is 0 Å². The number of amides is 1. The van der Waals surface area contributed by atoms with E-state index in [1.807, 2.05) is 0 Å². The van der Waals surface area contributed by atoms with E-state index < -0.39 is 17.0 Å². The average molecular weight is 297 g/mol. The summed E-state index contributed by atoms with van der Waals surface area (Å²) in [5, 5.41) is 2.81. The molecule has 1 aromatic rings. The number of nitrogens with one attached hydrogen (secondary N) is 1. The molecule has 2 aliphatic heterocycles. The lowest BCUT2D eigenvalue weighted by atomic mass is 9.72. The Morgan fingerprint density at radius 2 is 2.00 bits per heavy atom. The molecule has 1 aromatic carbocycles. The Labute approximate surface area is 121 Å². The van der Waals surface area contributed by atoms with Crippen LogP contribution in [0.15, 0.2) is 18.2 Å². The van der Waals surface area contributed by atoms with Gasteiger partial charge in [0.1, 0.15) is 0 Å². The molecule has 3 rings (SSSR count). The van der Waals surface area contributed by atoms with E-state index in [0.29, 0.717) is 44.6 Å². The number of benzene rings is 1. The average Bonchev–Trinajstić information content (AvgIpc) is 2.97. The fourth-order valence-corrected chi connectivity index (χ4v) is 3.01. The van der Waals surface area contributed by atoms with Gasteiger partial charge in [0.2, 0.25) is 5.91 Å². The van der Waals surface area contributed by atoms with Gasteiger partial charge in [-0.25, -0.2) is 8.78 Å². The molecule has 0 aliphatic carbocycles. The fraction of sp³-hybridized carbons (Fsp3) is 0.533. The molecular formula is C15H17F2NO3. The molecule has 6 heteroatoms. The van der Waals surface area contributed by atoms with Crippen LogP contribution in [0.25, 0.3) is 0 Å². The molecule has 1 amide bonds. The number of hydrogen-bond donors (Lipinski definition) is 1. The third-order valence-corrected chi connectivity index (χ3v) is 4.23. The second kappa shape index (κ2) is 5.69. The monoisotopic (exact) mass is 297 g/mol. The van der Waals surface area contributed by atoms with Crippen molar-refractivity contribution in [3.05, 3.63) is 35.4 Å². The summed E-state index contributed by atoms with van der Waals surface area (Å²) in [5.74, 6) is -1.78. The van der Waals surface area contributed by atoms with E-state index >= 15 is 0 Å². The van der Waals surface area contributed by atoms with Crippen LogP contribution >= 0.6 is 0 Å². The van der Waals surface area contributed by atoms with Crippen molar-refractivity contribution in [2.45, 2.75) is 31.0 Å². The van der Waals surface area contributed by atoms with Crippen molar-refractivity contribution >= 4 is 5.91 Å².